The molecule has 1 amide bonds. The van der Waals surface area contributed by atoms with Crippen molar-refractivity contribution in [3.63, 3.8) is 0 Å². The number of rotatable bonds is 4. The van der Waals surface area contributed by atoms with Crippen LogP contribution in [0.25, 0.3) is 0 Å². The third kappa shape index (κ3) is 2.73. The van der Waals surface area contributed by atoms with Crippen LogP contribution in [-0.2, 0) is 6.42 Å². The van der Waals surface area contributed by atoms with Gasteiger partial charge in [-0.2, -0.15) is 0 Å². The molecule has 1 aliphatic heterocycles. The van der Waals surface area contributed by atoms with Crippen molar-refractivity contribution >= 4 is 17.6 Å². The fourth-order valence-electron chi connectivity index (χ4n) is 2.32. The van der Waals surface area contributed by atoms with Gasteiger partial charge in [0.05, 0.1) is 12.6 Å². The van der Waals surface area contributed by atoms with Gasteiger partial charge in [-0.25, -0.2) is 0 Å². The van der Waals surface area contributed by atoms with Gasteiger partial charge in [0, 0.05) is 13.0 Å². The molecule has 2 aromatic rings. The Bertz CT molecular complexity index is 736. The number of carbonyl (C=O) groups excluding carboxylic acids is 1. The van der Waals surface area contributed by atoms with Gasteiger partial charge in [0.2, 0.25) is 0 Å². The molecule has 0 saturated carbocycles. The maximum absolute atomic E-state index is 12.4. The molecule has 0 aliphatic carbocycles. The monoisotopic (exact) mass is 299 g/mol. The molecule has 1 aromatic heterocycles. The number of amidine groups is 1. The summed E-state index contributed by atoms with van der Waals surface area (Å²) >= 11 is 0. The van der Waals surface area contributed by atoms with Gasteiger partial charge in [-0.1, -0.05) is 30.3 Å². The number of amides is 1. The molecule has 22 heavy (non-hydrogen) atoms. The van der Waals surface area contributed by atoms with Gasteiger partial charge < -0.3 is 4.42 Å². The second-order valence-electron chi connectivity index (χ2n) is 4.81. The molecule has 1 aliphatic rings. The zero-order chi connectivity index (χ0) is 15.5. The molecular weight excluding hydrogens is 286 g/mol. The number of nitrogens with zero attached hydrogens (tertiary/aromatic N) is 3. The van der Waals surface area contributed by atoms with Crippen molar-refractivity contribution in [1.82, 2.24) is 4.90 Å². The smallest absolute Gasteiger partial charge is 0.395 e. The molecule has 0 bridgehead atoms. The molecular formula is C15H13N3O4. The van der Waals surface area contributed by atoms with Crippen molar-refractivity contribution in [1.29, 1.82) is 0 Å². The molecule has 0 saturated heterocycles. The average Bonchev–Trinajstić information content (AvgIpc) is 3.17. The highest BCUT2D eigenvalue weighted by atomic mass is 16.6. The fraction of sp³-hybridized carbons (Fsp3) is 0.200. The largest absolute Gasteiger partial charge is 0.433 e. The van der Waals surface area contributed by atoms with Gasteiger partial charge in [0.15, 0.2) is 5.76 Å². The highest BCUT2D eigenvalue weighted by molar-refractivity contribution is 6.06. The lowest BCUT2D eigenvalue weighted by atomic mass is 10.1. The van der Waals surface area contributed by atoms with Crippen molar-refractivity contribution in [2.45, 2.75) is 6.42 Å². The van der Waals surface area contributed by atoms with Crippen molar-refractivity contribution in [3.05, 3.63) is 63.9 Å². The summed E-state index contributed by atoms with van der Waals surface area (Å²) in [5.74, 6) is -0.242. The molecule has 0 atom stereocenters. The maximum Gasteiger partial charge on any atom is 0.433 e. The molecule has 0 unspecified atom stereocenters. The Kier molecular flexibility index (Phi) is 3.69. The molecule has 3 rings (SSSR count). The Morgan fingerprint density at radius 1 is 1.27 bits per heavy atom. The highest BCUT2D eigenvalue weighted by Crippen LogP contribution is 2.19. The maximum atomic E-state index is 12.4. The van der Waals surface area contributed by atoms with Gasteiger partial charge in [-0.05, 0) is 11.6 Å². The van der Waals surface area contributed by atoms with Crippen molar-refractivity contribution in [3.8, 4) is 0 Å². The molecule has 2 heterocycles. The topological polar surface area (TPSA) is 88.9 Å². The predicted octanol–water partition coefficient (Wildman–Crippen LogP) is 2.28. The second kappa shape index (κ2) is 5.80. The van der Waals surface area contributed by atoms with E-state index in [0.717, 1.165) is 5.56 Å². The van der Waals surface area contributed by atoms with Gasteiger partial charge >= 0.3 is 5.88 Å². The number of nitro groups is 1. The van der Waals surface area contributed by atoms with E-state index in [9.17, 15) is 14.9 Å². The summed E-state index contributed by atoms with van der Waals surface area (Å²) in [7, 11) is 0. The lowest BCUT2D eigenvalue weighted by molar-refractivity contribution is -0.402. The number of furan rings is 1. The molecule has 0 N–H and O–H groups in total. The molecule has 0 radical (unpaired) electrons. The third-order valence-corrected chi connectivity index (χ3v) is 3.36. The Labute approximate surface area is 126 Å². The molecule has 7 heteroatoms. The summed E-state index contributed by atoms with van der Waals surface area (Å²) in [6, 6.07) is 12.2. The van der Waals surface area contributed by atoms with E-state index in [1.165, 1.54) is 17.0 Å². The van der Waals surface area contributed by atoms with E-state index in [0.29, 0.717) is 25.3 Å². The van der Waals surface area contributed by atoms with Crippen molar-refractivity contribution < 1.29 is 14.1 Å². The first kappa shape index (κ1) is 14.0. The summed E-state index contributed by atoms with van der Waals surface area (Å²) < 4.78 is 4.97. The van der Waals surface area contributed by atoms with E-state index in [2.05, 4.69) is 4.99 Å². The van der Waals surface area contributed by atoms with E-state index in [4.69, 9.17) is 4.42 Å². The Morgan fingerprint density at radius 3 is 2.73 bits per heavy atom. The average molecular weight is 299 g/mol. The lowest BCUT2D eigenvalue weighted by Gasteiger charge is -2.16. The minimum atomic E-state index is -0.667. The molecule has 7 nitrogen and oxygen atoms in total. The van der Waals surface area contributed by atoms with Gasteiger partial charge in [-0.3, -0.25) is 24.8 Å². The molecule has 1 aromatic carbocycles. The minimum Gasteiger partial charge on any atom is -0.395 e. The van der Waals surface area contributed by atoms with Crippen LogP contribution in [0, 0.1) is 10.1 Å². The Hall–Kier alpha value is -2.96. The van der Waals surface area contributed by atoms with Crippen molar-refractivity contribution in [2.75, 3.05) is 13.1 Å². The fourth-order valence-corrected chi connectivity index (χ4v) is 2.32. The summed E-state index contributed by atoms with van der Waals surface area (Å²) in [6.45, 7) is 0.978. The van der Waals surface area contributed by atoms with E-state index in [1.807, 2.05) is 30.3 Å². The van der Waals surface area contributed by atoms with Crippen LogP contribution in [0.2, 0.25) is 0 Å². The summed E-state index contributed by atoms with van der Waals surface area (Å²) in [5.41, 5.74) is 1.05. The number of hydrogen-bond acceptors (Lipinski definition) is 5. The zero-order valence-corrected chi connectivity index (χ0v) is 11.6. The zero-order valence-electron chi connectivity index (χ0n) is 11.6. The van der Waals surface area contributed by atoms with Crippen LogP contribution >= 0.6 is 0 Å². The standard InChI is InChI=1S/C15H13N3O4/c19-15(12-6-7-14(22-12)18(20)21)17-9-8-16-13(17)10-11-4-2-1-3-5-11/h1-7H,8-10H2. The number of carbonyl (C=O) groups is 1. The van der Waals surface area contributed by atoms with Crippen LogP contribution in [0.4, 0.5) is 5.88 Å². The summed E-state index contributed by atoms with van der Waals surface area (Å²) in [4.78, 5) is 28.2. The Morgan fingerprint density at radius 2 is 2.05 bits per heavy atom. The normalized spacial score (nSPS) is 14.0. The van der Waals surface area contributed by atoms with Crippen LogP contribution < -0.4 is 0 Å². The van der Waals surface area contributed by atoms with E-state index >= 15 is 0 Å². The van der Waals surface area contributed by atoms with Gasteiger partial charge in [0.1, 0.15) is 10.8 Å². The first-order chi connectivity index (χ1) is 10.6. The summed E-state index contributed by atoms with van der Waals surface area (Å²) in [5, 5.41) is 10.6. The SMILES string of the molecule is O=C(c1ccc([N+](=O)[O-])o1)N1CCN=C1Cc1ccccc1. The lowest BCUT2D eigenvalue weighted by Crippen LogP contribution is -2.35. The second-order valence-corrected chi connectivity index (χ2v) is 4.81. The van der Waals surface area contributed by atoms with Gasteiger partial charge in [-0.15, -0.1) is 0 Å². The number of aliphatic imine (C=N–C) groups is 1. The quantitative estimate of drug-likeness (QED) is 0.640. The number of benzene rings is 1. The first-order valence-electron chi connectivity index (χ1n) is 6.78. The summed E-state index contributed by atoms with van der Waals surface area (Å²) in [6.07, 6.45) is 0.537. The van der Waals surface area contributed by atoms with E-state index in [1.54, 1.807) is 0 Å². The van der Waals surface area contributed by atoms with Crippen LogP contribution in [0.3, 0.4) is 0 Å². The predicted molar refractivity (Wildman–Crippen MR) is 78.8 cm³/mol. The van der Waals surface area contributed by atoms with E-state index < -0.39 is 16.7 Å². The van der Waals surface area contributed by atoms with Gasteiger partial charge in [0.25, 0.3) is 5.91 Å². The minimum absolute atomic E-state index is 0.0469. The first-order valence-corrected chi connectivity index (χ1v) is 6.78. The highest BCUT2D eigenvalue weighted by Gasteiger charge is 2.28. The third-order valence-electron chi connectivity index (χ3n) is 3.36. The Balaban J connectivity index is 1.77. The van der Waals surface area contributed by atoms with Crippen LogP contribution in [0.1, 0.15) is 16.1 Å². The van der Waals surface area contributed by atoms with E-state index in [-0.39, 0.29) is 5.76 Å². The number of hydrogen-bond donors (Lipinski definition) is 0. The van der Waals surface area contributed by atoms with Crippen LogP contribution in [0.5, 0.6) is 0 Å². The molecule has 0 fully saturated rings. The van der Waals surface area contributed by atoms with Crippen LogP contribution in [-0.4, -0.2) is 34.7 Å². The molecule has 0 spiro atoms. The van der Waals surface area contributed by atoms with Crippen molar-refractivity contribution in [2.24, 2.45) is 4.99 Å². The van der Waals surface area contributed by atoms with Crippen LogP contribution in [0.15, 0.2) is 51.9 Å². The molecule has 112 valence electrons.